The van der Waals surface area contributed by atoms with Crippen LogP contribution in [-0.2, 0) is 0 Å². The number of aliphatic hydroxyl groups excluding tert-OH is 1. The zero-order valence-corrected chi connectivity index (χ0v) is 15.2. The van der Waals surface area contributed by atoms with Gasteiger partial charge in [0, 0.05) is 23.2 Å². The average molecular weight is 385 g/mol. The van der Waals surface area contributed by atoms with E-state index in [1.165, 1.54) is 18.5 Å². The predicted octanol–water partition coefficient (Wildman–Crippen LogP) is 4.06. The van der Waals surface area contributed by atoms with Crippen molar-refractivity contribution in [2.24, 2.45) is 0 Å². The average Bonchev–Trinajstić information content (AvgIpc) is 3.07. The number of aliphatic hydroxyl groups is 1. The van der Waals surface area contributed by atoms with E-state index in [-0.39, 0.29) is 23.7 Å². The lowest BCUT2D eigenvalue weighted by atomic mass is 10.1. The summed E-state index contributed by atoms with van der Waals surface area (Å²) in [5, 5.41) is 13.1. The third kappa shape index (κ3) is 3.81. The Morgan fingerprint density at radius 3 is 2.96 bits per heavy atom. The number of halogens is 3. The van der Waals surface area contributed by atoms with Crippen LogP contribution < -0.4 is 10.2 Å². The Morgan fingerprint density at radius 1 is 1.40 bits per heavy atom. The van der Waals surface area contributed by atoms with Crippen molar-refractivity contribution in [2.75, 3.05) is 23.4 Å². The van der Waals surface area contributed by atoms with Gasteiger partial charge in [0.2, 0.25) is 0 Å². The second kappa shape index (κ2) is 7.72. The molecule has 1 aliphatic heterocycles. The molecule has 8 heteroatoms. The number of benzene rings is 1. The molecule has 1 aromatic heterocycles. The quantitative estimate of drug-likeness (QED) is 0.761. The van der Waals surface area contributed by atoms with E-state index in [0.29, 0.717) is 16.4 Å². The minimum Gasteiger partial charge on any atom is -0.394 e. The van der Waals surface area contributed by atoms with Crippen molar-refractivity contribution in [3.8, 4) is 0 Å². The van der Waals surface area contributed by atoms with Gasteiger partial charge in [-0.3, -0.25) is 0 Å². The van der Waals surface area contributed by atoms with Crippen LogP contribution in [0.15, 0.2) is 24.5 Å². The zero-order valence-electron chi connectivity index (χ0n) is 13.7. The molecule has 134 valence electrons. The lowest BCUT2D eigenvalue weighted by Gasteiger charge is -2.25. The van der Waals surface area contributed by atoms with E-state index >= 15 is 0 Å². The van der Waals surface area contributed by atoms with Crippen molar-refractivity contribution in [3.63, 3.8) is 0 Å². The van der Waals surface area contributed by atoms with E-state index in [2.05, 4.69) is 20.2 Å². The van der Waals surface area contributed by atoms with E-state index in [1.807, 2.05) is 13.0 Å². The SMILES string of the molecule is CC(Nc1cc(N2CCCC2CO)ncn1)c1c(Cl)ccc(F)c1Cl. The third-order valence-electron chi connectivity index (χ3n) is 4.41. The van der Waals surface area contributed by atoms with Crippen molar-refractivity contribution < 1.29 is 9.50 Å². The van der Waals surface area contributed by atoms with E-state index in [1.54, 1.807) is 0 Å². The molecule has 5 nitrogen and oxygen atoms in total. The molecule has 2 aromatic rings. The summed E-state index contributed by atoms with van der Waals surface area (Å²) in [6, 6.07) is 4.27. The number of nitrogens with one attached hydrogen (secondary N) is 1. The number of rotatable bonds is 5. The summed E-state index contributed by atoms with van der Waals surface area (Å²) in [5.41, 5.74) is 0.484. The van der Waals surface area contributed by atoms with Crippen molar-refractivity contribution in [1.29, 1.82) is 0 Å². The smallest absolute Gasteiger partial charge is 0.142 e. The number of aromatic nitrogens is 2. The number of hydrogen-bond donors (Lipinski definition) is 2. The maximum absolute atomic E-state index is 13.7. The van der Waals surface area contributed by atoms with Crippen LogP contribution in [0.2, 0.25) is 10.0 Å². The molecule has 0 bridgehead atoms. The number of anilines is 2. The summed E-state index contributed by atoms with van der Waals surface area (Å²) in [5.74, 6) is 0.816. The highest BCUT2D eigenvalue weighted by atomic mass is 35.5. The molecule has 2 unspecified atom stereocenters. The maximum atomic E-state index is 13.7. The normalized spacial score (nSPS) is 18.4. The Labute approximate surface area is 155 Å². The van der Waals surface area contributed by atoms with E-state index in [0.717, 1.165) is 25.2 Å². The zero-order chi connectivity index (χ0) is 18.0. The summed E-state index contributed by atoms with van der Waals surface area (Å²) in [6.07, 6.45) is 3.42. The second-order valence-corrected chi connectivity index (χ2v) is 6.84. The highest BCUT2D eigenvalue weighted by molar-refractivity contribution is 6.36. The summed E-state index contributed by atoms with van der Waals surface area (Å²) in [6.45, 7) is 2.77. The second-order valence-electron chi connectivity index (χ2n) is 6.06. The molecular formula is C17H19Cl2FN4O. The minimum absolute atomic E-state index is 0.00154. The summed E-state index contributed by atoms with van der Waals surface area (Å²) < 4.78 is 13.7. The largest absolute Gasteiger partial charge is 0.394 e. The fourth-order valence-corrected chi connectivity index (χ4v) is 3.84. The first kappa shape index (κ1) is 18.2. The molecule has 2 atom stereocenters. The molecule has 2 N–H and O–H groups in total. The Balaban J connectivity index is 1.82. The van der Waals surface area contributed by atoms with Crippen LogP contribution in [0, 0.1) is 5.82 Å². The van der Waals surface area contributed by atoms with Gasteiger partial charge in [-0.2, -0.15) is 0 Å². The van der Waals surface area contributed by atoms with Crippen molar-refractivity contribution >= 4 is 34.8 Å². The van der Waals surface area contributed by atoms with Crippen LogP contribution in [0.1, 0.15) is 31.4 Å². The van der Waals surface area contributed by atoms with Crippen LogP contribution in [0.5, 0.6) is 0 Å². The first-order valence-corrected chi connectivity index (χ1v) is 8.86. The molecule has 1 saturated heterocycles. The molecule has 1 fully saturated rings. The number of hydrogen-bond acceptors (Lipinski definition) is 5. The van der Waals surface area contributed by atoms with Gasteiger partial charge >= 0.3 is 0 Å². The fourth-order valence-electron chi connectivity index (χ4n) is 3.14. The lowest BCUT2D eigenvalue weighted by Crippen LogP contribution is -2.32. The van der Waals surface area contributed by atoms with Gasteiger partial charge in [-0.05, 0) is 31.9 Å². The standard InChI is InChI=1S/C17H19Cl2FN4O/c1-10(16-12(18)4-5-13(20)17(16)19)23-14-7-15(22-9-21-14)24-6-2-3-11(24)8-25/h4-5,7,9-11,25H,2-3,6,8H2,1H3,(H,21,22,23). The van der Waals surface area contributed by atoms with Gasteiger partial charge in [-0.25, -0.2) is 14.4 Å². The van der Waals surface area contributed by atoms with Gasteiger partial charge < -0.3 is 15.3 Å². The molecule has 0 radical (unpaired) electrons. The molecule has 2 heterocycles. The summed E-state index contributed by atoms with van der Waals surface area (Å²) in [7, 11) is 0. The molecule has 0 aliphatic carbocycles. The van der Waals surface area contributed by atoms with Crippen LogP contribution >= 0.6 is 23.2 Å². The topological polar surface area (TPSA) is 61.3 Å². The Bertz CT molecular complexity index is 761. The van der Waals surface area contributed by atoms with Crippen LogP contribution in [-0.4, -0.2) is 34.3 Å². The Kier molecular flexibility index (Phi) is 5.61. The molecular weight excluding hydrogens is 366 g/mol. The van der Waals surface area contributed by atoms with Crippen LogP contribution in [0.25, 0.3) is 0 Å². The summed E-state index contributed by atoms with van der Waals surface area (Å²) in [4.78, 5) is 10.6. The van der Waals surface area contributed by atoms with Gasteiger partial charge in [-0.15, -0.1) is 0 Å². The highest BCUT2D eigenvalue weighted by Gasteiger charge is 2.25. The molecule has 3 rings (SSSR count). The van der Waals surface area contributed by atoms with E-state index < -0.39 is 5.82 Å². The van der Waals surface area contributed by atoms with E-state index in [4.69, 9.17) is 23.2 Å². The molecule has 1 aromatic carbocycles. The predicted molar refractivity (Wildman–Crippen MR) is 97.9 cm³/mol. The van der Waals surface area contributed by atoms with Crippen molar-refractivity contribution in [3.05, 3.63) is 46.0 Å². The Hall–Kier alpha value is -1.63. The Morgan fingerprint density at radius 2 is 2.20 bits per heavy atom. The highest BCUT2D eigenvalue weighted by Crippen LogP contribution is 2.34. The van der Waals surface area contributed by atoms with Gasteiger partial charge in [0.05, 0.1) is 23.7 Å². The molecule has 0 amide bonds. The van der Waals surface area contributed by atoms with E-state index in [9.17, 15) is 9.50 Å². The van der Waals surface area contributed by atoms with Gasteiger partial charge in [0.15, 0.2) is 0 Å². The van der Waals surface area contributed by atoms with Crippen LogP contribution in [0.3, 0.4) is 0 Å². The molecule has 0 saturated carbocycles. The first-order valence-electron chi connectivity index (χ1n) is 8.10. The molecule has 25 heavy (non-hydrogen) atoms. The fraction of sp³-hybridized carbons (Fsp3) is 0.412. The van der Waals surface area contributed by atoms with Gasteiger partial charge in [0.1, 0.15) is 23.8 Å². The van der Waals surface area contributed by atoms with Gasteiger partial charge in [0.25, 0.3) is 0 Å². The van der Waals surface area contributed by atoms with Crippen LogP contribution in [0.4, 0.5) is 16.0 Å². The van der Waals surface area contributed by atoms with Gasteiger partial charge in [-0.1, -0.05) is 23.2 Å². The first-order chi connectivity index (χ1) is 12.0. The van der Waals surface area contributed by atoms with Crippen molar-refractivity contribution in [2.45, 2.75) is 31.8 Å². The monoisotopic (exact) mass is 384 g/mol. The third-order valence-corrected chi connectivity index (χ3v) is 5.13. The van der Waals surface area contributed by atoms with Crippen molar-refractivity contribution in [1.82, 2.24) is 9.97 Å². The molecule has 1 aliphatic rings. The minimum atomic E-state index is -0.513. The lowest BCUT2D eigenvalue weighted by molar-refractivity contribution is 0.266. The number of nitrogens with zero attached hydrogens (tertiary/aromatic N) is 3. The maximum Gasteiger partial charge on any atom is 0.142 e. The molecule has 0 spiro atoms. The summed E-state index contributed by atoms with van der Waals surface area (Å²) >= 11 is 12.2.